The van der Waals surface area contributed by atoms with Crippen molar-refractivity contribution in [2.45, 2.75) is 19.1 Å². The van der Waals surface area contributed by atoms with E-state index in [0.29, 0.717) is 0 Å². The van der Waals surface area contributed by atoms with E-state index in [1.165, 1.54) is 16.8 Å². The number of hydrogen-bond acceptors (Lipinski definition) is 5. The maximum atomic E-state index is 5.71. The number of hydrogen-bond donors (Lipinski definition) is 0. The zero-order valence-corrected chi connectivity index (χ0v) is 17.0. The van der Waals surface area contributed by atoms with Crippen LogP contribution in [-0.2, 0) is 11.4 Å². The number of oxime groups is 1. The normalized spacial score (nSPS) is 19.4. The quantitative estimate of drug-likeness (QED) is 0.644. The molecule has 152 valence electrons. The Hall–Kier alpha value is -3.18. The Morgan fingerprint density at radius 2 is 1.57 bits per heavy atom. The smallest absolute Gasteiger partial charge is 0.158 e. The van der Waals surface area contributed by atoms with Gasteiger partial charge in [-0.25, -0.2) is 0 Å². The van der Waals surface area contributed by atoms with E-state index in [1.807, 2.05) is 12.1 Å². The summed E-state index contributed by atoms with van der Waals surface area (Å²) in [6.45, 7) is 5.33. The molecule has 2 aromatic carbocycles. The van der Waals surface area contributed by atoms with E-state index < -0.39 is 0 Å². The van der Waals surface area contributed by atoms with Crippen molar-refractivity contribution in [1.29, 1.82) is 0 Å². The van der Waals surface area contributed by atoms with Gasteiger partial charge in [-0.1, -0.05) is 47.6 Å². The summed E-state index contributed by atoms with van der Waals surface area (Å²) in [7, 11) is 0. The van der Waals surface area contributed by atoms with Crippen molar-refractivity contribution in [2.75, 3.05) is 31.1 Å². The maximum absolute atomic E-state index is 5.71. The first-order valence-electron chi connectivity index (χ1n) is 10.6. The van der Waals surface area contributed by atoms with Gasteiger partial charge in [0.25, 0.3) is 0 Å². The van der Waals surface area contributed by atoms with Gasteiger partial charge in [0.1, 0.15) is 0 Å². The highest BCUT2D eigenvalue weighted by molar-refractivity contribution is 6.01. The molecule has 1 unspecified atom stereocenters. The zero-order chi connectivity index (χ0) is 20.2. The van der Waals surface area contributed by atoms with Crippen LogP contribution in [0.1, 0.15) is 29.2 Å². The van der Waals surface area contributed by atoms with Crippen molar-refractivity contribution in [2.24, 2.45) is 5.16 Å². The summed E-state index contributed by atoms with van der Waals surface area (Å²) in [6.07, 6.45) is 4.37. The van der Waals surface area contributed by atoms with Gasteiger partial charge in [-0.15, -0.1) is 0 Å². The third-order valence-electron chi connectivity index (χ3n) is 5.93. The average Bonchev–Trinajstić information content (AvgIpc) is 3.32. The molecule has 2 aliphatic rings. The van der Waals surface area contributed by atoms with Crippen molar-refractivity contribution in [3.8, 4) is 0 Å². The molecule has 3 aromatic rings. The molecule has 0 spiro atoms. The number of nitrogens with zero attached hydrogens (tertiary/aromatic N) is 4. The third kappa shape index (κ3) is 4.21. The molecule has 3 heterocycles. The van der Waals surface area contributed by atoms with E-state index in [2.05, 4.69) is 74.5 Å². The molecule has 0 bridgehead atoms. The molecule has 5 nitrogen and oxygen atoms in total. The predicted molar refractivity (Wildman–Crippen MR) is 120 cm³/mol. The molecule has 5 heteroatoms. The summed E-state index contributed by atoms with van der Waals surface area (Å²) in [4.78, 5) is 14.8. The number of pyridine rings is 1. The van der Waals surface area contributed by atoms with Crippen LogP contribution >= 0.6 is 0 Å². The van der Waals surface area contributed by atoms with Crippen molar-refractivity contribution in [3.05, 3.63) is 95.8 Å². The number of benzene rings is 2. The molecule has 0 amide bonds. The first-order valence-corrected chi connectivity index (χ1v) is 10.6. The van der Waals surface area contributed by atoms with Crippen molar-refractivity contribution in [1.82, 2.24) is 9.88 Å². The summed E-state index contributed by atoms with van der Waals surface area (Å²) in [5.41, 5.74) is 5.92. The fraction of sp³-hybridized carbons (Fsp3) is 0.280. The summed E-state index contributed by atoms with van der Waals surface area (Å²) in [5.74, 6) is 0. The summed E-state index contributed by atoms with van der Waals surface area (Å²) >= 11 is 0. The molecule has 5 rings (SSSR count). The number of aromatic nitrogens is 1. The van der Waals surface area contributed by atoms with E-state index in [-0.39, 0.29) is 6.10 Å². The Morgan fingerprint density at radius 1 is 0.833 bits per heavy atom. The van der Waals surface area contributed by atoms with Gasteiger partial charge in [0.2, 0.25) is 0 Å². The third-order valence-corrected chi connectivity index (χ3v) is 5.93. The van der Waals surface area contributed by atoms with Gasteiger partial charge < -0.3 is 9.74 Å². The molecular weight excluding hydrogens is 372 g/mol. The molecule has 0 N–H and O–H groups in total. The Bertz CT molecular complexity index is 981. The fourth-order valence-corrected chi connectivity index (χ4v) is 4.18. The average molecular weight is 399 g/mol. The topological polar surface area (TPSA) is 41.0 Å². The van der Waals surface area contributed by atoms with Crippen LogP contribution in [0.25, 0.3) is 0 Å². The van der Waals surface area contributed by atoms with Crippen LogP contribution in [0.5, 0.6) is 0 Å². The maximum Gasteiger partial charge on any atom is 0.158 e. The molecule has 1 saturated heterocycles. The van der Waals surface area contributed by atoms with Crippen LogP contribution in [0.15, 0.2) is 84.3 Å². The van der Waals surface area contributed by atoms with Gasteiger partial charge in [-0.05, 0) is 35.4 Å². The highest BCUT2D eigenvalue weighted by Gasteiger charge is 2.24. The Kier molecular flexibility index (Phi) is 5.44. The second-order valence-electron chi connectivity index (χ2n) is 7.91. The van der Waals surface area contributed by atoms with E-state index in [1.54, 1.807) is 12.4 Å². The van der Waals surface area contributed by atoms with Crippen molar-refractivity contribution >= 4 is 11.4 Å². The standard InChI is InChI=1S/C25H26N4O/c1-2-4-20(5-3-1)19-28-14-16-29(17-15-28)23-8-6-22(7-9-23)25-18-24(27-30-25)21-10-12-26-13-11-21/h1-13,25H,14-19H2. The predicted octanol–water partition coefficient (Wildman–Crippen LogP) is 4.27. The lowest BCUT2D eigenvalue weighted by Crippen LogP contribution is -2.45. The molecule has 0 saturated carbocycles. The van der Waals surface area contributed by atoms with E-state index in [9.17, 15) is 0 Å². The Morgan fingerprint density at radius 3 is 2.30 bits per heavy atom. The first kappa shape index (κ1) is 18.8. The zero-order valence-electron chi connectivity index (χ0n) is 17.0. The monoisotopic (exact) mass is 398 g/mol. The first-order chi connectivity index (χ1) is 14.8. The molecule has 1 fully saturated rings. The Labute approximate surface area is 177 Å². The van der Waals surface area contributed by atoms with Crippen LogP contribution in [0.3, 0.4) is 0 Å². The van der Waals surface area contributed by atoms with Crippen molar-refractivity contribution in [3.63, 3.8) is 0 Å². The highest BCUT2D eigenvalue weighted by Crippen LogP contribution is 2.30. The van der Waals surface area contributed by atoms with Gasteiger partial charge in [0, 0.05) is 62.8 Å². The second-order valence-corrected chi connectivity index (χ2v) is 7.91. The molecule has 30 heavy (non-hydrogen) atoms. The van der Waals surface area contributed by atoms with E-state index >= 15 is 0 Å². The number of rotatable bonds is 5. The van der Waals surface area contributed by atoms with E-state index in [0.717, 1.165) is 50.4 Å². The molecule has 1 atom stereocenters. The second kappa shape index (κ2) is 8.67. The Balaban J connectivity index is 1.16. The summed E-state index contributed by atoms with van der Waals surface area (Å²) < 4.78 is 0. The van der Waals surface area contributed by atoms with E-state index in [4.69, 9.17) is 4.84 Å². The van der Waals surface area contributed by atoms with Gasteiger partial charge in [-0.3, -0.25) is 9.88 Å². The molecule has 0 aliphatic carbocycles. The van der Waals surface area contributed by atoms with Crippen LogP contribution in [-0.4, -0.2) is 41.8 Å². The molecule has 1 aromatic heterocycles. The summed E-state index contributed by atoms with van der Waals surface area (Å²) in [5, 5.41) is 4.29. The molecule has 0 radical (unpaired) electrons. The minimum atomic E-state index is -0.00932. The van der Waals surface area contributed by atoms with Crippen LogP contribution < -0.4 is 4.90 Å². The highest BCUT2D eigenvalue weighted by atomic mass is 16.6. The number of anilines is 1. The van der Waals surface area contributed by atoms with Crippen molar-refractivity contribution < 1.29 is 4.84 Å². The van der Waals surface area contributed by atoms with Gasteiger partial charge in [0.15, 0.2) is 6.10 Å². The summed E-state index contributed by atoms with van der Waals surface area (Å²) in [6, 6.07) is 23.5. The van der Waals surface area contributed by atoms with Gasteiger partial charge >= 0.3 is 0 Å². The minimum absolute atomic E-state index is 0.00932. The molecule has 2 aliphatic heterocycles. The largest absolute Gasteiger partial charge is 0.387 e. The lowest BCUT2D eigenvalue weighted by molar-refractivity contribution is 0.0857. The van der Waals surface area contributed by atoms with Crippen LogP contribution in [0.4, 0.5) is 5.69 Å². The minimum Gasteiger partial charge on any atom is -0.387 e. The van der Waals surface area contributed by atoms with Crippen LogP contribution in [0.2, 0.25) is 0 Å². The fourth-order valence-electron chi connectivity index (χ4n) is 4.18. The van der Waals surface area contributed by atoms with Gasteiger partial charge in [0.05, 0.1) is 5.71 Å². The lowest BCUT2D eigenvalue weighted by atomic mass is 10.0. The van der Waals surface area contributed by atoms with Crippen LogP contribution in [0, 0.1) is 0 Å². The SMILES string of the molecule is c1ccc(CN2CCN(c3ccc(C4CC(c5ccncc5)=NO4)cc3)CC2)cc1. The molecular formula is C25H26N4O. The number of piperazine rings is 1. The van der Waals surface area contributed by atoms with Gasteiger partial charge in [-0.2, -0.15) is 0 Å². The lowest BCUT2D eigenvalue weighted by Gasteiger charge is -2.36.